The number of benzene rings is 1. The van der Waals surface area contributed by atoms with E-state index in [0.717, 1.165) is 0 Å². The van der Waals surface area contributed by atoms with Gasteiger partial charge in [0.15, 0.2) is 0 Å². The zero-order valence-electron chi connectivity index (χ0n) is 12.9. The van der Waals surface area contributed by atoms with Gasteiger partial charge in [-0.25, -0.2) is 9.59 Å². The first-order valence-electron chi connectivity index (χ1n) is 6.52. The number of hydrogen-bond acceptors (Lipinski definition) is 2. The Bertz CT molecular complexity index is 506. The van der Waals surface area contributed by atoms with Gasteiger partial charge >= 0.3 is 11.9 Å². The molecule has 20 heavy (non-hydrogen) atoms. The maximum Gasteiger partial charge on any atom is 0.335 e. The summed E-state index contributed by atoms with van der Waals surface area (Å²) in [6.45, 7) is 11.4. The van der Waals surface area contributed by atoms with Gasteiger partial charge in [0.2, 0.25) is 0 Å². The molecule has 1 rings (SSSR count). The maximum absolute atomic E-state index is 11.5. The van der Waals surface area contributed by atoms with Gasteiger partial charge in [-0.05, 0) is 34.1 Å². The standard InChI is InChI=1S/C16H22O4/c1-15(2,3)11-9(13(17)18)7-8-10(14(19)20)12(11)16(4,5)6/h7-8H,1-6H3,(H,17,18)(H,19,20). The van der Waals surface area contributed by atoms with Crippen LogP contribution in [0, 0.1) is 0 Å². The lowest BCUT2D eigenvalue weighted by molar-refractivity contribution is 0.0676. The van der Waals surface area contributed by atoms with Crippen molar-refractivity contribution in [3.63, 3.8) is 0 Å². The molecular formula is C16H22O4. The number of carboxylic acid groups (broad SMARTS) is 2. The van der Waals surface area contributed by atoms with Gasteiger partial charge in [-0.1, -0.05) is 41.5 Å². The van der Waals surface area contributed by atoms with E-state index < -0.39 is 22.8 Å². The average Bonchev–Trinajstić information content (AvgIpc) is 2.24. The van der Waals surface area contributed by atoms with E-state index in [4.69, 9.17) is 0 Å². The summed E-state index contributed by atoms with van der Waals surface area (Å²) < 4.78 is 0. The van der Waals surface area contributed by atoms with Crippen LogP contribution in [0.4, 0.5) is 0 Å². The molecule has 1 aromatic carbocycles. The minimum Gasteiger partial charge on any atom is -0.478 e. The zero-order chi connectivity index (χ0) is 15.9. The highest BCUT2D eigenvalue weighted by Gasteiger charge is 2.33. The van der Waals surface area contributed by atoms with Crippen molar-refractivity contribution in [1.29, 1.82) is 0 Å². The molecule has 110 valence electrons. The molecule has 0 bridgehead atoms. The first-order valence-corrected chi connectivity index (χ1v) is 6.52. The molecule has 0 radical (unpaired) electrons. The van der Waals surface area contributed by atoms with Gasteiger partial charge in [-0.15, -0.1) is 0 Å². The molecule has 0 amide bonds. The molecule has 0 atom stereocenters. The molecule has 0 heterocycles. The van der Waals surface area contributed by atoms with Gasteiger partial charge in [0, 0.05) is 0 Å². The fourth-order valence-corrected chi connectivity index (χ4v) is 2.52. The largest absolute Gasteiger partial charge is 0.478 e. The highest BCUT2D eigenvalue weighted by Crippen LogP contribution is 2.38. The molecule has 0 saturated heterocycles. The van der Waals surface area contributed by atoms with Crippen molar-refractivity contribution < 1.29 is 19.8 Å². The van der Waals surface area contributed by atoms with Crippen LogP contribution in [-0.2, 0) is 10.8 Å². The summed E-state index contributed by atoms with van der Waals surface area (Å²) in [6.07, 6.45) is 0. The van der Waals surface area contributed by atoms with E-state index in [0.29, 0.717) is 11.1 Å². The minimum absolute atomic E-state index is 0.174. The average molecular weight is 278 g/mol. The van der Waals surface area contributed by atoms with Crippen molar-refractivity contribution in [2.24, 2.45) is 0 Å². The Hall–Kier alpha value is -1.84. The molecule has 0 fully saturated rings. The molecule has 0 unspecified atom stereocenters. The van der Waals surface area contributed by atoms with E-state index in [1.165, 1.54) is 12.1 Å². The van der Waals surface area contributed by atoms with Gasteiger partial charge in [0.1, 0.15) is 0 Å². The van der Waals surface area contributed by atoms with Crippen LogP contribution < -0.4 is 0 Å². The summed E-state index contributed by atoms with van der Waals surface area (Å²) in [6, 6.07) is 2.78. The Morgan fingerprint density at radius 2 is 1.00 bits per heavy atom. The first-order chi connectivity index (χ1) is 8.87. The predicted molar refractivity (Wildman–Crippen MR) is 77.8 cm³/mol. The minimum atomic E-state index is -1.03. The molecule has 2 N–H and O–H groups in total. The van der Waals surface area contributed by atoms with Crippen molar-refractivity contribution in [1.82, 2.24) is 0 Å². The van der Waals surface area contributed by atoms with Crippen LogP contribution in [0.2, 0.25) is 0 Å². The smallest absolute Gasteiger partial charge is 0.335 e. The van der Waals surface area contributed by atoms with Gasteiger partial charge in [0.05, 0.1) is 11.1 Å². The van der Waals surface area contributed by atoms with Crippen LogP contribution in [0.1, 0.15) is 73.4 Å². The third kappa shape index (κ3) is 3.00. The number of aromatic carboxylic acids is 2. The Balaban J connectivity index is 3.94. The van der Waals surface area contributed by atoms with Crippen LogP contribution in [0.3, 0.4) is 0 Å². The molecule has 0 aliphatic carbocycles. The molecule has 0 spiro atoms. The molecule has 4 nitrogen and oxygen atoms in total. The number of carboxylic acids is 2. The molecule has 0 saturated carbocycles. The van der Waals surface area contributed by atoms with Crippen molar-refractivity contribution in [2.45, 2.75) is 52.4 Å². The summed E-state index contributed by atoms with van der Waals surface area (Å²) in [7, 11) is 0. The lowest BCUT2D eigenvalue weighted by Gasteiger charge is -2.32. The van der Waals surface area contributed by atoms with Crippen LogP contribution >= 0.6 is 0 Å². The van der Waals surface area contributed by atoms with Crippen LogP contribution in [-0.4, -0.2) is 22.2 Å². The Labute approximate surface area is 119 Å². The van der Waals surface area contributed by atoms with E-state index in [9.17, 15) is 19.8 Å². The molecule has 4 heteroatoms. The van der Waals surface area contributed by atoms with Crippen molar-refractivity contribution in [2.75, 3.05) is 0 Å². The Morgan fingerprint density at radius 3 is 1.15 bits per heavy atom. The van der Waals surface area contributed by atoms with Gasteiger partial charge < -0.3 is 10.2 Å². The molecule has 0 aliphatic rings. The summed E-state index contributed by atoms with van der Waals surface area (Å²) in [4.78, 5) is 23.0. The van der Waals surface area contributed by atoms with Gasteiger partial charge in [0.25, 0.3) is 0 Å². The zero-order valence-corrected chi connectivity index (χ0v) is 12.9. The molecule has 0 aromatic heterocycles. The fraction of sp³-hybridized carbons (Fsp3) is 0.500. The van der Waals surface area contributed by atoms with E-state index in [1.807, 2.05) is 41.5 Å². The Kier molecular flexibility index (Phi) is 3.99. The number of rotatable bonds is 2. The normalized spacial score (nSPS) is 12.3. The monoisotopic (exact) mass is 278 g/mol. The van der Waals surface area contributed by atoms with E-state index in [2.05, 4.69) is 0 Å². The summed E-state index contributed by atoms with van der Waals surface area (Å²) >= 11 is 0. The van der Waals surface area contributed by atoms with E-state index >= 15 is 0 Å². The fourth-order valence-electron chi connectivity index (χ4n) is 2.52. The summed E-state index contributed by atoms with van der Waals surface area (Å²) in [5.74, 6) is -2.06. The summed E-state index contributed by atoms with van der Waals surface area (Å²) in [5, 5.41) is 18.8. The van der Waals surface area contributed by atoms with Gasteiger partial charge in [-0.2, -0.15) is 0 Å². The van der Waals surface area contributed by atoms with Crippen LogP contribution in [0.25, 0.3) is 0 Å². The van der Waals surface area contributed by atoms with Crippen molar-refractivity contribution >= 4 is 11.9 Å². The Morgan fingerprint density at radius 1 is 0.750 bits per heavy atom. The van der Waals surface area contributed by atoms with Crippen molar-refractivity contribution in [3.8, 4) is 0 Å². The van der Waals surface area contributed by atoms with E-state index in [1.54, 1.807) is 0 Å². The highest BCUT2D eigenvalue weighted by molar-refractivity contribution is 5.96. The number of hydrogen-bond donors (Lipinski definition) is 2. The predicted octanol–water partition coefficient (Wildman–Crippen LogP) is 3.68. The third-order valence-electron chi connectivity index (χ3n) is 3.17. The lowest BCUT2D eigenvalue weighted by atomic mass is 9.71. The lowest BCUT2D eigenvalue weighted by Crippen LogP contribution is -2.28. The topological polar surface area (TPSA) is 74.6 Å². The SMILES string of the molecule is CC(C)(C)c1c(C(=O)O)ccc(C(=O)O)c1C(C)(C)C. The second-order valence-corrected chi connectivity index (χ2v) is 7.02. The van der Waals surface area contributed by atoms with Crippen molar-refractivity contribution in [3.05, 3.63) is 34.4 Å². The second kappa shape index (κ2) is 4.93. The maximum atomic E-state index is 11.5. The van der Waals surface area contributed by atoms with Crippen LogP contribution in [0.15, 0.2) is 12.1 Å². The second-order valence-electron chi connectivity index (χ2n) is 7.02. The first kappa shape index (κ1) is 16.2. The van der Waals surface area contributed by atoms with E-state index in [-0.39, 0.29) is 11.1 Å². The van der Waals surface area contributed by atoms with Crippen LogP contribution in [0.5, 0.6) is 0 Å². The molecule has 0 aliphatic heterocycles. The number of carbonyl (C=O) groups is 2. The molecule has 1 aromatic rings. The highest BCUT2D eigenvalue weighted by atomic mass is 16.4. The summed E-state index contributed by atoms with van der Waals surface area (Å²) in [5.41, 5.74) is 0.624. The molecular weight excluding hydrogens is 256 g/mol. The quantitative estimate of drug-likeness (QED) is 0.865. The third-order valence-corrected chi connectivity index (χ3v) is 3.17. The van der Waals surface area contributed by atoms with Gasteiger partial charge in [-0.3, -0.25) is 0 Å².